The highest BCUT2D eigenvalue weighted by molar-refractivity contribution is 5.99. The zero-order chi connectivity index (χ0) is 24.2. The van der Waals surface area contributed by atoms with Gasteiger partial charge in [0.25, 0.3) is 0 Å². The molecule has 1 aliphatic heterocycles. The monoisotopic (exact) mass is 462 g/mol. The molecule has 0 radical (unpaired) electrons. The number of hydrogen-bond donors (Lipinski definition) is 1. The molecule has 5 nitrogen and oxygen atoms in total. The number of benzene rings is 3. The number of anilines is 1. The lowest BCUT2D eigenvalue weighted by Crippen LogP contribution is -2.38. The Labute approximate surface area is 206 Å². The van der Waals surface area contributed by atoms with E-state index in [1.807, 2.05) is 54.7 Å². The molecular weight excluding hydrogens is 432 g/mol. The highest BCUT2D eigenvalue weighted by atomic mass is 16.2. The second-order valence-electron chi connectivity index (χ2n) is 9.12. The fraction of sp³-hybridized carbons (Fsp3) is 0.200. The van der Waals surface area contributed by atoms with Crippen LogP contribution in [0.25, 0.3) is 16.7 Å². The first kappa shape index (κ1) is 22.8. The molecule has 1 saturated heterocycles. The van der Waals surface area contributed by atoms with Crippen molar-refractivity contribution in [2.45, 2.75) is 32.5 Å². The standard InChI is InChI=1S/C30H30N4O/c1-22(2)24-13-11-23(12-14-24)20-33-21-31-18-28(33)19-32-29-15-16-34(30(29)35)27-10-6-9-26(17-27)25-7-4-3-5-8-25/h3-14,17-18,21,29,32H,1,15-16,19-20H2,2H3. The lowest BCUT2D eigenvalue weighted by Gasteiger charge is -2.18. The zero-order valence-electron chi connectivity index (χ0n) is 20.0. The highest BCUT2D eigenvalue weighted by Crippen LogP contribution is 2.27. The number of rotatable bonds is 8. The molecule has 1 aromatic heterocycles. The topological polar surface area (TPSA) is 50.2 Å². The fourth-order valence-electron chi connectivity index (χ4n) is 4.57. The second-order valence-corrected chi connectivity index (χ2v) is 9.12. The quantitative estimate of drug-likeness (QED) is 0.375. The van der Waals surface area contributed by atoms with Crippen LogP contribution >= 0.6 is 0 Å². The van der Waals surface area contributed by atoms with Gasteiger partial charge in [-0.1, -0.05) is 78.9 Å². The molecule has 5 heteroatoms. The van der Waals surface area contributed by atoms with Crippen LogP contribution in [0.3, 0.4) is 0 Å². The van der Waals surface area contributed by atoms with Crippen LogP contribution in [0.4, 0.5) is 5.69 Å². The van der Waals surface area contributed by atoms with Gasteiger partial charge in [-0.2, -0.15) is 0 Å². The molecule has 1 N–H and O–H groups in total. The summed E-state index contributed by atoms with van der Waals surface area (Å²) in [7, 11) is 0. The Bertz CT molecular complexity index is 1320. The predicted octanol–water partition coefficient (Wildman–Crippen LogP) is 5.53. The third-order valence-corrected chi connectivity index (χ3v) is 6.60. The molecule has 1 fully saturated rings. The molecular formula is C30H30N4O. The Balaban J connectivity index is 1.22. The number of nitrogens with zero attached hydrogens (tertiary/aromatic N) is 3. The van der Waals surface area contributed by atoms with E-state index in [4.69, 9.17) is 0 Å². The van der Waals surface area contributed by atoms with Crippen LogP contribution in [0, 0.1) is 0 Å². The van der Waals surface area contributed by atoms with Gasteiger partial charge < -0.3 is 14.8 Å². The van der Waals surface area contributed by atoms with Crippen LogP contribution in [0.5, 0.6) is 0 Å². The number of hydrogen-bond acceptors (Lipinski definition) is 3. The van der Waals surface area contributed by atoms with Gasteiger partial charge in [-0.05, 0) is 47.7 Å². The molecule has 1 atom stereocenters. The van der Waals surface area contributed by atoms with E-state index in [0.717, 1.165) is 46.6 Å². The number of aromatic nitrogens is 2. The smallest absolute Gasteiger partial charge is 0.244 e. The molecule has 1 aliphatic rings. The summed E-state index contributed by atoms with van der Waals surface area (Å²) >= 11 is 0. The molecule has 4 aromatic rings. The zero-order valence-corrected chi connectivity index (χ0v) is 20.0. The van der Waals surface area contributed by atoms with Crippen LogP contribution < -0.4 is 10.2 Å². The summed E-state index contributed by atoms with van der Waals surface area (Å²) in [6, 6.07) is 26.7. The molecule has 0 saturated carbocycles. The number of carbonyl (C=O) groups excluding carboxylic acids is 1. The van der Waals surface area contributed by atoms with Gasteiger partial charge in [0.2, 0.25) is 5.91 Å². The minimum atomic E-state index is -0.200. The Hall–Kier alpha value is -3.96. The van der Waals surface area contributed by atoms with Gasteiger partial charge in [0.05, 0.1) is 18.1 Å². The maximum Gasteiger partial charge on any atom is 0.244 e. The SMILES string of the molecule is C=C(C)c1ccc(Cn2cncc2CNC2CCN(c3cccc(-c4ccccc4)c3)C2=O)cc1. The maximum atomic E-state index is 13.2. The van der Waals surface area contributed by atoms with Crippen molar-refractivity contribution in [3.8, 4) is 11.1 Å². The highest BCUT2D eigenvalue weighted by Gasteiger charge is 2.32. The Morgan fingerprint density at radius 2 is 1.80 bits per heavy atom. The molecule has 5 rings (SSSR count). The first-order valence-electron chi connectivity index (χ1n) is 12.0. The van der Waals surface area contributed by atoms with E-state index in [0.29, 0.717) is 13.1 Å². The fourth-order valence-corrected chi connectivity index (χ4v) is 4.57. The van der Waals surface area contributed by atoms with Crippen LogP contribution in [0.2, 0.25) is 0 Å². The molecule has 176 valence electrons. The molecule has 1 unspecified atom stereocenters. The molecule has 1 amide bonds. The Kier molecular flexibility index (Phi) is 6.59. The van der Waals surface area contributed by atoms with Crippen LogP contribution in [0.1, 0.15) is 30.2 Å². The average molecular weight is 463 g/mol. The second kappa shape index (κ2) is 10.1. The lowest BCUT2D eigenvalue weighted by atomic mass is 10.1. The van der Waals surface area contributed by atoms with Crippen LogP contribution in [0.15, 0.2) is 98.0 Å². The van der Waals surface area contributed by atoms with Gasteiger partial charge in [0.1, 0.15) is 0 Å². The Morgan fingerprint density at radius 1 is 1.03 bits per heavy atom. The first-order valence-corrected chi connectivity index (χ1v) is 12.0. The first-order chi connectivity index (χ1) is 17.1. The molecule has 0 bridgehead atoms. The normalized spacial score (nSPS) is 15.5. The summed E-state index contributed by atoms with van der Waals surface area (Å²) in [4.78, 5) is 19.4. The van der Waals surface area contributed by atoms with E-state index in [9.17, 15) is 4.79 Å². The van der Waals surface area contributed by atoms with Gasteiger partial charge in [0, 0.05) is 31.5 Å². The van der Waals surface area contributed by atoms with Gasteiger partial charge in [-0.3, -0.25) is 4.79 Å². The molecule has 0 aliphatic carbocycles. The van der Waals surface area contributed by atoms with Gasteiger partial charge in [-0.25, -0.2) is 4.98 Å². The summed E-state index contributed by atoms with van der Waals surface area (Å²) in [5.41, 5.74) is 7.70. The molecule has 3 aromatic carbocycles. The number of nitrogens with one attached hydrogen (secondary N) is 1. The van der Waals surface area contributed by atoms with Crippen LogP contribution in [-0.4, -0.2) is 28.0 Å². The number of amides is 1. The van der Waals surface area contributed by atoms with Crippen molar-refractivity contribution in [3.05, 3.63) is 115 Å². The summed E-state index contributed by atoms with van der Waals surface area (Å²) in [5.74, 6) is 0.122. The van der Waals surface area contributed by atoms with E-state index in [2.05, 4.69) is 70.0 Å². The average Bonchev–Trinajstić information content (AvgIpc) is 3.49. The van der Waals surface area contributed by atoms with E-state index in [-0.39, 0.29) is 11.9 Å². The van der Waals surface area contributed by atoms with E-state index >= 15 is 0 Å². The minimum Gasteiger partial charge on any atom is -0.329 e. The van der Waals surface area contributed by atoms with Gasteiger partial charge in [-0.15, -0.1) is 0 Å². The summed E-state index contributed by atoms with van der Waals surface area (Å²) in [5, 5.41) is 3.47. The number of allylic oxidation sites excluding steroid dienone is 1. The largest absolute Gasteiger partial charge is 0.329 e. The lowest BCUT2D eigenvalue weighted by molar-refractivity contribution is -0.118. The molecule has 35 heavy (non-hydrogen) atoms. The van der Waals surface area contributed by atoms with Crippen molar-refractivity contribution in [3.63, 3.8) is 0 Å². The third-order valence-electron chi connectivity index (χ3n) is 6.60. The Morgan fingerprint density at radius 3 is 2.57 bits per heavy atom. The third kappa shape index (κ3) is 5.10. The summed E-state index contributed by atoms with van der Waals surface area (Å²) < 4.78 is 2.13. The van der Waals surface area contributed by atoms with Gasteiger partial charge in [0.15, 0.2) is 0 Å². The van der Waals surface area contributed by atoms with Crippen molar-refractivity contribution in [1.82, 2.24) is 14.9 Å². The minimum absolute atomic E-state index is 0.122. The maximum absolute atomic E-state index is 13.2. The van der Waals surface area contributed by atoms with E-state index in [1.54, 1.807) is 0 Å². The number of imidazole rings is 1. The summed E-state index contributed by atoms with van der Waals surface area (Å²) in [6.45, 7) is 8.06. The number of carbonyl (C=O) groups is 1. The van der Waals surface area contributed by atoms with Crippen molar-refractivity contribution >= 4 is 17.2 Å². The molecule has 0 spiro atoms. The van der Waals surface area contributed by atoms with E-state index < -0.39 is 0 Å². The summed E-state index contributed by atoms with van der Waals surface area (Å²) in [6.07, 6.45) is 4.50. The predicted molar refractivity (Wildman–Crippen MR) is 142 cm³/mol. The van der Waals surface area contributed by atoms with Crippen molar-refractivity contribution < 1.29 is 4.79 Å². The van der Waals surface area contributed by atoms with E-state index in [1.165, 1.54) is 5.56 Å². The van der Waals surface area contributed by atoms with Crippen molar-refractivity contribution in [2.24, 2.45) is 0 Å². The van der Waals surface area contributed by atoms with Crippen LogP contribution in [-0.2, 0) is 17.9 Å². The van der Waals surface area contributed by atoms with Crippen molar-refractivity contribution in [2.75, 3.05) is 11.4 Å². The van der Waals surface area contributed by atoms with Crippen molar-refractivity contribution in [1.29, 1.82) is 0 Å². The van der Waals surface area contributed by atoms with Gasteiger partial charge >= 0.3 is 0 Å². The molecule has 2 heterocycles.